The van der Waals surface area contributed by atoms with Crippen LogP contribution in [0, 0.1) is 0 Å². The van der Waals surface area contributed by atoms with Gasteiger partial charge in [-0.15, -0.1) is 0 Å². The van der Waals surface area contributed by atoms with Gasteiger partial charge in [0.15, 0.2) is 0 Å². The Hall–Kier alpha value is -12.7. The van der Waals surface area contributed by atoms with E-state index in [1.54, 1.807) is 0 Å². The summed E-state index contributed by atoms with van der Waals surface area (Å²) in [6.07, 6.45) is 0. The summed E-state index contributed by atoms with van der Waals surface area (Å²) in [6.45, 7) is -0.781. The number of benzene rings is 15. The first kappa shape index (κ1) is 53.5. The molecule has 0 bridgehead atoms. The van der Waals surface area contributed by atoms with E-state index in [0.717, 1.165) is 90.3 Å². The fraction of sp³-hybridized carbons (Fsp3) is 0. The molecule has 6 nitrogen and oxygen atoms in total. The maximum atomic E-state index is 8.00. The smallest absolute Gasteiger partial charge is 0.261 e. The molecule has 0 amide bonds. The Morgan fingerprint density at radius 3 is 0.990 bits per heavy atom. The molecule has 454 valence electrons. The number of nitrogens with zero attached hydrogens (tertiary/aromatic N) is 4. The SMILES string of the molecule is c1ccc(-c2ccc3c(c2)c2cc(-c4ccccc4)cc4c2n3-c2cccc3c2B4c2ccc4c(c2O3)B2c3c(cccc3N(c3ccccc3)c3ccc5c(c32)Oc2cccc3c2B5c2cc(-c5ccccc5)cc5c6cc(-c7ccccc7)ccc6n-3c25)N4c2ccccc2)cc1. The van der Waals surface area contributed by atoms with Gasteiger partial charge in [-0.25, -0.2) is 0 Å². The highest BCUT2D eigenvalue weighted by atomic mass is 16.5. The summed E-state index contributed by atoms with van der Waals surface area (Å²) < 4.78 is 21.1. The predicted octanol–water partition coefficient (Wildman–Crippen LogP) is 16.5. The monoisotopic (exact) mass is 1250 g/mol. The van der Waals surface area contributed by atoms with Gasteiger partial charge in [0.1, 0.15) is 23.0 Å². The zero-order chi connectivity index (χ0) is 64.3. The lowest BCUT2D eigenvalue weighted by atomic mass is 9.29. The average Bonchev–Trinajstić information content (AvgIpc) is 1.62. The van der Waals surface area contributed by atoms with E-state index >= 15 is 0 Å². The standard InChI is InChI=1S/C90H53B3N4O2/c1-7-22-54(23-8-1)58-40-44-72-64(48-58)66-50-60(56-26-11-3-12-27-56)52-70-87(66)96(72)76-36-20-38-80-83(76)91(70)68-42-46-78-85(89(68)98-80)93-82-74(94(78)62-30-15-5-16-31-62)34-19-35-75(82)95(63-32-17-6-18-33-63)79-47-43-69-90(86(79)93)99-81-39-21-37-77-84(81)92(69)71-53-61(57-28-13-4-14-29-57)51-67-65-49-59(55-24-9-2-10-25-55)41-45-73(65)97(77)88(67)71/h1-53H. The van der Waals surface area contributed by atoms with Gasteiger partial charge in [0.25, 0.3) is 20.1 Å². The molecule has 0 N–H and O–H groups in total. The van der Waals surface area contributed by atoms with Crippen molar-refractivity contribution in [1.29, 1.82) is 0 Å². The third-order valence-electron chi connectivity index (χ3n) is 22.3. The molecule has 0 spiro atoms. The molecule has 15 aromatic carbocycles. The Labute approximate surface area is 572 Å². The van der Waals surface area contributed by atoms with Crippen LogP contribution in [0.1, 0.15) is 0 Å². The molecule has 0 saturated carbocycles. The molecule has 0 radical (unpaired) electrons. The zero-order valence-electron chi connectivity index (χ0n) is 53.4. The molecular weight excluding hydrogens is 1200 g/mol. The Morgan fingerprint density at radius 2 is 0.576 bits per heavy atom. The second kappa shape index (κ2) is 20.0. The van der Waals surface area contributed by atoms with Crippen LogP contribution in [0.25, 0.3) is 99.5 Å². The van der Waals surface area contributed by atoms with Crippen molar-refractivity contribution in [3.63, 3.8) is 0 Å². The van der Waals surface area contributed by atoms with Crippen molar-refractivity contribution in [2.75, 3.05) is 9.80 Å². The van der Waals surface area contributed by atoms with Gasteiger partial charge in [0.2, 0.25) is 0 Å². The summed E-state index contributed by atoms with van der Waals surface area (Å²) in [5.74, 6) is 3.49. The minimum Gasteiger partial charge on any atom is -0.459 e. The lowest BCUT2D eigenvalue weighted by Crippen LogP contribution is -2.66. The lowest BCUT2D eigenvalue weighted by molar-refractivity contribution is 0.490. The topological polar surface area (TPSA) is 34.8 Å². The van der Waals surface area contributed by atoms with Crippen LogP contribution in [0.4, 0.5) is 34.1 Å². The maximum absolute atomic E-state index is 8.00. The molecule has 2 aromatic heterocycles. The van der Waals surface area contributed by atoms with Crippen molar-refractivity contribution in [1.82, 2.24) is 9.13 Å². The van der Waals surface area contributed by atoms with Gasteiger partial charge >= 0.3 is 0 Å². The Bertz CT molecular complexity index is 5990. The maximum Gasteiger partial charge on any atom is 0.261 e. The van der Waals surface area contributed by atoms with Crippen LogP contribution in [0.15, 0.2) is 322 Å². The van der Waals surface area contributed by atoms with Gasteiger partial charge in [-0.05, 0) is 203 Å². The van der Waals surface area contributed by atoms with E-state index in [-0.39, 0.29) is 20.1 Å². The molecule has 9 heteroatoms. The molecule has 0 fully saturated rings. The van der Waals surface area contributed by atoms with Crippen LogP contribution in [0.2, 0.25) is 0 Å². The summed E-state index contributed by atoms with van der Waals surface area (Å²) in [6, 6.07) is 119. The van der Waals surface area contributed by atoms with E-state index in [2.05, 4.69) is 340 Å². The van der Waals surface area contributed by atoms with Gasteiger partial charge in [-0.1, -0.05) is 212 Å². The first-order chi connectivity index (χ1) is 49.1. The highest BCUT2D eigenvalue weighted by Crippen LogP contribution is 2.50. The predicted molar refractivity (Wildman–Crippen MR) is 413 cm³/mol. The van der Waals surface area contributed by atoms with Crippen LogP contribution in [0.5, 0.6) is 23.0 Å². The summed E-state index contributed by atoms with van der Waals surface area (Å²) in [5, 5.41) is 4.91. The van der Waals surface area contributed by atoms with E-state index in [9.17, 15) is 0 Å². The van der Waals surface area contributed by atoms with Gasteiger partial charge < -0.3 is 28.4 Å². The number of aromatic nitrogens is 2. The van der Waals surface area contributed by atoms with E-state index in [0.29, 0.717) is 0 Å². The number of rotatable bonds is 6. The van der Waals surface area contributed by atoms with Crippen molar-refractivity contribution in [3.8, 4) is 78.9 Å². The summed E-state index contributed by atoms with van der Waals surface area (Å²) in [4.78, 5) is 5.00. The van der Waals surface area contributed by atoms with Gasteiger partial charge in [0.05, 0.1) is 11.0 Å². The largest absolute Gasteiger partial charge is 0.459 e. The Balaban J connectivity index is 0.815. The minimum atomic E-state index is -0.385. The fourth-order valence-electron chi connectivity index (χ4n) is 18.4. The first-order valence-electron chi connectivity index (χ1n) is 34.4. The van der Waals surface area contributed by atoms with Crippen molar-refractivity contribution >= 4 is 147 Å². The Morgan fingerprint density at radius 1 is 0.222 bits per heavy atom. The normalized spacial score (nSPS) is 13.5. The second-order valence-corrected chi connectivity index (χ2v) is 27.3. The quantitative estimate of drug-likeness (QED) is 0.155. The number of ether oxygens (including phenoxy) is 2. The summed E-state index contributed by atoms with van der Waals surface area (Å²) >= 11 is 0. The van der Waals surface area contributed by atoms with Crippen LogP contribution in [-0.2, 0) is 0 Å². The third kappa shape index (κ3) is 7.27. The molecule has 6 aliphatic heterocycles. The van der Waals surface area contributed by atoms with Crippen molar-refractivity contribution < 1.29 is 9.47 Å². The first-order valence-corrected chi connectivity index (χ1v) is 34.4. The highest BCUT2D eigenvalue weighted by molar-refractivity contribution is 7.05. The Kier molecular flexibility index (Phi) is 10.8. The van der Waals surface area contributed by atoms with E-state index in [1.165, 1.54) is 115 Å². The number of para-hydroxylation sites is 2. The van der Waals surface area contributed by atoms with Crippen LogP contribution >= 0.6 is 0 Å². The number of anilines is 6. The lowest BCUT2D eigenvalue weighted by Gasteiger charge is -2.46. The number of hydrogen-bond donors (Lipinski definition) is 0. The van der Waals surface area contributed by atoms with Crippen LogP contribution in [-0.4, -0.2) is 29.3 Å². The molecule has 0 atom stereocenters. The molecular formula is C90H53B3N4O2. The molecule has 0 aliphatic carbocycles. The molecule has 8 heterocycles. The van der Waals surface area contributed by atoms with Gasteiger partial charge in [-0.3, -0.25) is 0 Å². The van der Waals surface area contributed by atoms with Crippen molar-refractivity contribution in [3.05, 3.63) is 322 Å². The fourth-order valence-corrected chi connectivity index (χ4v) is 18.4. The summed E-state index contributed by atoms with van der Waals surface area (Å²) in [7, 11) is 0. The molecule has 6 aliphatic rings. The molecule has 17 aromatic rings. The van der Waals surface area contributed by atoms with E-state index in [1.807, 2.05) is 0 Å². The van der Waals surface area contributed by atoms with Crippen LogP contribution < -0.4 is 68.4 Å². The zero-order valence-corrected chi connectivity index (χ0v) is 53.4. The van der Waals surface area contributed by atoms with Crippen molar-refractivity contribution in [2.45, 2.75) is 0 Å². The average molecular weight is 1250 g/mol. The van der Waals surface area contributed by atoms with E-state index in [4.69, 9.17) is 9.47 Å². The minimum absolute atomic E-state index is 0.198. The molecule has 0 unspecified atom stereocenters. The highest BCUT2D eigenvalue weighted by Gasteiger charge is 2.52. The molecule has 99 heavy (non-hydrogen) atoms. The van der Waals surface area contributed by atoms with Gasteiger partial charge in [0, 0.05) is 78.1 Å². The summed E-state index contributed by atoms with van der Waals surface area (Å²) in [5.41, 5.74) is 33.6. The van der Waals surface area contributed by atoms with Gasteiger partial charge in [-0.2, -0.15) is 0 Å². The second-order valence-electron chi connectivity index (χ2n) is 27.3. The number of fused-ring (bicyclic) bond motifs is 20. The van der Waals surface area contributed by atoms with E-state index < -0.39 is 0 Å². The third-order valence-corrected chi connectivity index (χ3v) is 22.3. The number of hydrogen-bond acceptors (Lipinski definition) is 4. The van der Waals surface area contributed by atoms with Crippen molar-refractivity contribution in [2.24, 2.45) is 0 Å². The van der Waals surface area contributed by atoms with Crippen LogP contribution in [0.3, 0.4) is 0 Å². The molecule has 0 saturated heterocycles. The molecule has 23 rings (SSSR count).